The molecular weight excluding hydrogens is 276 g/mol. The number of hydrogen-bond donors (Lipinski definition) is 2. The van der Waals surface area contributed by atoms with E-state index >= 15 is 0 Å². The topological polar surface area (TPSA) is 64.3 Å². The Morgan fingerprint density at radius 3 is 2.65 bits per heavy atom. The van der Waals surface area contributed by atoms with Gasteiger partial charge in [0.05, 0.1) is 6.61 Å². The monoisotopic (exact) mass is 298 g/mol. The molecule has 1 aromatic carbocycles. The number of hydrogen-bond acceptors (Lipinski definition) is 3. The molecule has 5 heteroatoms. The molecule has 0 saturated heterocycles. The molecule has 1 aromatic rings. The first-order valence-electron chi connectivity index (χ1n) is 6.97. The van der Waals surface area contributed by atoms with Crippen LogP contribution >= 0.6 is 12.4 Å². The fourth-order valence-electron chi connectivity index (χ4n) is 2.09. The van der Waals surface area contributed by atoms with E-state index in [1.54, 1.807) is 0 Å². The van der Waals surface area contributed by atoms with Crippen LogP contribution in [0.3, 0.4) is 0 Å². The molecule has 0 aliphatic heterocycles. The Labute approximate surface area is 126 Å². The smallest absolute Gasteiger partial charge is 0.220 e. The van der Waals surface area contributed by atoms with Gasteiger partial charge in [0.1, 0.15) is 5.75 Å². The second kappa shape index (κ2) is 8.82. The minimum absolute atomic E-state index is 0. The highest BCUT2D eigenvalue weighted by Crippen LogP contribution is 2.32. The van der Waals surface area contributed by atoms with Crippen molar-refractivity contribution in [2.24, 2.45) is 11.7 Å². The van der Waals surface area contributed by atoms with E-state index in [1.807, 2.05) is 30.3 Å². The summed E-state index contributed by atoms with van der Waals surface area (Å²) >= 11 is 0. The molecule has 1 unspecified atom stereocenters. The fraction of sp³-hybridized carbons (Fsp3) is 0.533. The molecule has 3 N–H and O–H groups in total. The Bertz CT molecular complexity index is 396. The average Bonchev–Trinajstić information content (AvgIpc) is 3.27. The van der Waals surface area contributed by atoms with Gasteiger partial charge in [-0.15, -0.1) is 12.4 Å². The SMILES string of the molecule is Cl.NCC(NC(=O)CCCOc1ccccc1)C1CC1. The zero-order valence-electron chi connectivity index (χ0n) is 11.6. The average molecular weight is 299 g/mol. The van der Waals surface area contributed by atoms with E-state index in [4.69, 9.17) is 10.5 Å². The lowest BCUT2D eigenvalue weighted by atomic mass is 10.2. The lowest BCUT2D eigenvalue weighted by Gasteiger charge is -2.15. The van der Waals surface area contributed by atoms with Gasteiger partial charge in [0, 0.05) is 19.0 Å². The normalized spacial score (nSPS) is 15.1. The highest BCUT2D eigenvalue weighted by Gasteiger charge is 2.30. The molecule has 0 bridgehead atoms. The molecule has 0 spiro atoms. The summed E-state index contributed by atoms with van der Waals surface area (Å²) in [6.45, 7) is 1.10. The number of benzene rings is 1. The van der Waals surface area contributed by atoms with Crippen LogP contribution < -0.4 is 15.8 Å². The Hall–Kier alpha value is -1.26. The van der Waals surface area contributed by atoms with E-state index in [9.17, 15) is 4.79 Å². The van der Waals surface area contributed by atoms with Crippen molar-refractivity contribution in [2.75, 3.05) is 13.2 Å². The summed E-state index contributed by atoms with van der Waals surface area (Å²) in [5.74, 6) is 1.54. The summed E-state index contributed by atoms with van der Waals surface area (Å²) in [7, 11) is 0. The Morgan fingerprint density at radius 1 is 1.35 bits per heavy atom. The molecule has 1 aliphatic rings. The molecule has 0 radical (unpaired) electrons. The van der Waals surface area contributed by atoms with Crippen LogP contribution in [0.1, 0.15) is 25.7 Å². The van der Waals surface area contributed by atoms with Crippen LogP contribution in [0.5, 0.6) is 5.75 Å². The van der Waals surface area contributed by atoms with Gasteiger partial charge >= 0.3 is 0 Å². The zero-order chi connectivity index (χ0) is 13.5. The predicted molar refractivity (Wildman–Crippen MR) is 82.1 cm³/mol. The number of carbonyl (C=O) groups is 1. The quantitative estimate of drug-likeness (QED) is 0.723. The van der Waals surface area contributed by atoms with Crippen LogP contribution in [0.15, 0.2) is 30.3 Å². The summed E-state index contributed by atoms with van der Waals surface area (Å²) in [5, 5.41) is 3.01. The third-order valence-corrected chi connectivity index (χ3v) is 3.35. The van der Waals surface area contributed by atoms with Crippen LogP contribution in [0.25, 0.3) is 0 Å². The van der Waals surface area contributed by atoms with Crippen molar-refractivity contribution in [3.05, 3.63) is 30.3 Å². The molecule has 1 atom stereocenters. The van der Waals surface area contributed by atoms with Crippen LogP contribution in [0.4, 0.5) is 0 Å². The van der Waals surface area contributed by atoms with E-state index in [0.29, 0.717) is 25.5 Å². The second-order valence-electron chi connectivity index (χ2n) is 5.01. The number of carbonyl (C=O) groups excluding carboxylic acids is 1. The van der Waals surface area contributed by atoms with Gasteiger partial charge in [-0.1, -0.05) is 18.2 Å². The summed E-state index contributed by atoms with van der Waals surface area (Å²) in [6.07, 6.45) is 3.61. The van der Waals surface area contributed by atoms with Gasteiger partial charge in [0.15, 0.2) is 0 Å². The molecule has 0 aromatic heterocycles. The molecule has 1 amide bonds. The number of nitrogens with one attached hydrogen (secondary N) is 1. The number of rotatable bonds is 8. The van der Waals surface area contributed by atoms with Gasteiger partial charge in [-0.05, 0) is 37.3 Å². The second-order valence-corrected chi connectivity index (χ2v) is 5.01. The van der Waals surface area contributed by atoms with Gasteiger partial charge in [0.2, 0.25) is 5.91 Å². The fourth-order valence-corrected chi connectivity index (χ4v) is 2.09. The number of amides is 1. The van der Waals surface area contributed by atoms with E-state index in [1.165, 1.54) is 12.8 Å². The summed E-state index contributed by atoms with van der Waals surface area (Å²) < 4.78 is 5.54. The van der Waals surface area contributed by atoms with Crippen molar-refractivity contribution in [3.63, 3.8) is 0 Å². The van der Waals surface area contributed by atoms with Crippen molar-refractivity contribution >= 4 is 18.3 Å². The minimum atomic E-state index is 0. The number of para-hydroxylation sites is 1. The molecule has 0 heterocycles. The third-order valence-electron chi connectivity index (χ3n) is 3.35. The van der Waals surface area contributed by atoms with E-state index in [-0.39, 0.29) is 24.4 Å². The standard InChI is InChI=1S/C15H22N2O2.ClH/c16-11-14(12-8-9-12)17-15(18)7-4-10-19-13-5-2-1-3-6-13;/h1-3,5-6,12,14H,4,7-11,16H2,(H,17,18);1H. The summed E-state index contributed by atoms with van der Waals surface area (Å²) in [6, 6.07) is 9.82. The highest BCUT2D eigenvalue weighted by molar-refractivity contribution is 5.85. The van der Waals surface area contributed by atoms with E-state index in [2.05, 4.69) is 5.32 Å². The Balaban J connectivity index is 0.00000200. The maximum absolute atomic E-state index is 11.7. The lowest BCUT2D eigenvalue weighted by Crippen LogP contribution is -2.41. The molecule has 20 heavy (non-hydrogen) atoms. The van der Waals surface area contributed by atoms with Crippen LogP contribution in [0, 0.1) is 5.92 Å². The van der Waals surface area contributed by atoms with Crippen LogP contribution in [-0.4, -0.2) is 25.1 Å². The number of nitrogens with two attached hydrogens (primary N) is 1. The van der Waals surface area contributed by atoms with Crippen molar-refractivity contribution in [1.29, 1.82) is 0 Å². The highest BCUT2D eigenvalue weighted by atomic mass is 35.5. The first-order chi connectivity index (χ1) is 9.29. The van der Waals surface area contributed by atoms with Gasteiger partial charge in [-0.3, -0.25) is 4.79 Å². The van der Waals surface area contributed by atoms with Crippen LogP contribution in [0.2, 0.25) is 0 Å². The lowest BCUT2D eigenvalue weighted by molar-refractivity contribution is -0.122. The first kappa shape index (κ1) is 16.8. The number of halogens is 1. The molecule has 112 valence electrons. The van der Waals surface area contributed by atoms with Crippen molar-refractivity contribution in [2.45, 2.75) is 31.7 Å². The minimum Gasteiger partial charge on any atom is -0.494 e. The maximum Gasteiger partial charge on any atom is 0.220 e. The number of ether oxygens (including phenoxy) is 1. The predicted octanol–water partition coefficient (Wildman–Crippen LogP) is 2.12. The first-order valence-corrected chi connectivity index (χ1v) is 6.97. The van der Waals surface area contributed by atoms with E-state index in [0.717, 1.165) is 12.2 Å². The van der Waals surface area contributed by atoms with Gasteiger partial charge in [-0.2, -0.15) is 0 Å². The molecule has 2 rings (SSSR count). The zero-order valence-corrected chi connectivity index (χ0v) is 12.4. The van der Waals surface area contributed by atoms with Crippen molar-refractivity contribution in [1.82, 2.24) is 5.32 Å². The summed E-state index contributed by atoms with van der Waals surface area (Å²) in [5.41, 5.74) is 5.65. The molecule has 1 aliphatic carbocycles. The summed E-state index contributed by atoms with van der Waals surface area (Å²) in [4.78, 5) is 11.7. The Morgan fingerprint density at radius 2 is 2.05 bits per heavy atom. The van der Waals surface area contributed by atoms with Gasteiger partial charge in [-0.25, -0.2) is 0 Å². The van der Waals surface area contributed by atoms with E-state index < -0.39 is 0 Å². The van der Waals surface area contributed by atoms with Gasteiger partial charge in [0.25, 0.3) is 0 Å². The van der Waals surface area contributed by atoms with Crippen molar-refractivity contribution < 1.29 is 9.53 Å². The van der Waals surface area contributed by atoms with Gasteiger partial charge < -0.3 is 15.8 Å². The molecule has 4 nitrogen and oxygen atoms in total. The molecule has 1 saturated carbocycles. The van der Waals surface area contributed by atoms with Crippen LogP contribution in [-0.2, 0) is 4.79 Å². The molecular formula is C15H23ClN2O2. The Kier molecular flexibility index (Phi) is 7.41. The molecule has 1 fully saturated rings. The van der Waals surface area contributed by atoms with Crippen molar-refractivity contribution in [3.8, 4) is 5.75 Å². The maximum atomic E-state index is 11.7. The largest absolute Gasteiger partial charge is 0.494 e. The third kappa shape index (κ3) is 5.80.